The molecule has 2 N–H and O–H groups in total. The van der Waals surface area contributed by atoms with Crippen LogP contribution in [0.1, 0.15) is 6.42 Å². The van der Waals surface area contributed by atoms with Crippen molar-refractivity contribution in [1.29, 1.82) is 0 Å². The van der Waals surface area contributed by atoms with Crippen LogP contribution in [0.25, 0.3) is 0 Å². The number of hydrogen-bond donors (Lipinski definition) is 1. The molecule has 0 saturated heterocycles. The summed E-state index contributed by atoms with van der Waals surface area (Å²) in [7, 11) is -1.21. The summed E-state index contributed by atoms with van der Waals surface area (Å²) in [6.45, 7) is 7.14. The molecule has 6 heteroatoms. The highest BCUT2D eigenvalue weighted by molar-refractivity contribution is 6.76. The molecule has 0 aromatic heterocycles. The van der Waals surface area contributed by atoms with Crippen molar-refractivity contribution < 1.29 is 9.13 Å². The van der Waals surface area contributed by atoms with Crippen molar-refractivity contribution in [1.82, 2.24) is 0 Å². The molecule has 0 aromatic rings. The fourth-order valence-corrected chi connectivity index (χ4v) is 2.59. The second kappa shape index (κ2) is 5.38. The van der Waals surface area contributed by atoms with Crippen LogP contribution in [0.4, 0.5) is 4.39 Å². The Morgan fingerprint density at radius 3 is 2.89 bits per heavy atom. The molecule has 104 valence electrons. The summed E-state index contributed by atoms with van der Waals surface area (Å²) < 4.78 is 19.4. The highest BCUT2D eigenvalue weighted by Gasteiger charge is 2.25. The largest absolute Gasteiger partial charge is 0.401 e. The van der Waals surface area contributed by atoms with E-state index in [1.807, 2.05) is 0 Å². The minimum Gasteiger partial charge on any atom is -0.401 e. The Labute approximate surface area is 113 Å². The van der Waals surface area contributed by atoms with Crippen LogP contribution >= 0.6 is 0 Å². The molecule has 1 atom stereocenters. The van der Waals surface area contributed by atoms with E-state index in [1.165, 1.54) is 0 Å². The predicted octanol–water partition coefficient (Wildman–Crippen LogP) is 2.62. The first-order chi connectivity index (χ1) is 8.87. The number of ether oxygens (including phenoxy) is 1. The number of nitrogens with two attached hydrogens (primary N) is 1. The van der Waals surface area contributed by atoms with Crippen LogP contribution in [0, 0.1) is 0 Å². The first-order valence-corrected chi connectivity index (χ1v) is 10.1. The Morgan fingerprint density at radius 1 is 1.47 bits per heavy atom. The zero-order valence-electron chi connectivity index (χ0n) is 11.6. The molecular formula is C13H20FN3OSi. The first-order valence-electron chi connectivity index (χ1n) is 6.43. The zero-order valence-corrected chi connectivity index (χ0v) is 12.6. The first kappa shape index (κ1) is 14.1. The Kier molecular flexibility index (Phi) is 4.01. The van der Waals surface area contributed by atoms with Gasteiger partial charge in [0.15, 0.2) is 0 Å². The molecule has 0 spiro atoms. The van der Waals surface area contributed by atoms with Crippen molar-refractivity contribution in [2.75, 3.05) is 6.61 Å². The van der Waals surface area contributed by atoms with Gasteiger partial charge in [0.05, 0.1) is 11.9 Å². The summed E-state index contributed by atoms with van der Waals surface area (Å²) in [6.07, 6.45) is 2.29. The molecule has 0 aromatic carbocycles. The van der Waals surface area contributed by atoms with Gasteiger partial charge >= 0.3 is 0 Å². The maximum absolute atomic E-state index is 14.1. The minimum absolute atomic E-state index is 0.415. The van der Waals surface area contributed by atoms with Gasteiger partial charge in [0.2, 0.25) is 6.36 Å². The van der Waals surface area contributed by atoms with Crippen LogP contribution in [0.2, 0.25) is 25.7 Å². The van der Waals surface area contributed by atoms with E-state index in [0.717, 1.165) is 17.3 Å². The van der Waals surface area contributed by atoms with Gasteiger partial charge in [0, 0.05) is 37.9 Å². The molecule has 2 rings (SSSR count). The van der Waals surface area contributed by atoms with Crippen molar-refractivity contribution in [2.45, 2.75) is 38.5 Å². The highest BCUT2D eigenvalue weighted by Crippen LogP contribution is 2.25. The highest BCUT2D eigenvalue weighted by atomic mass is 28.3. The number of alkyl halides is 1. The van der Waals surface area contributed by atoms with Crippen LogP contribution < -0.4 is 5.73 Å². The van der Waals surface area contributed by atoms with E-state index < -0.39 is 14.4 Å². The number of nitrogens with zero attached hydrogens (tertiary/aromatic N) is 2. The van der Waals surface area contributed by atoms with Crippen LogP contribution in [0.15, 0.2) is 33.1 Å². The van der Waals surface area contributed by atoms with E-state index in [9.17, 15) is 4.39 Å². The maximum Gasteiger partial charge on any atom is 0.226 e. The summed E-state index contributed by atoms with van der Waals surface area (Å²) in [5.41, 5.74) is 8.41. The number of hydrogen-bond acceptors (Lipinski definition) is 4. The third-order valence-corrected chi connectivity index (χ3v) is 4.81. The van der Waals surface area contributed by atoms with Crippen molar-refractivity contribution >= 4 is 20.0 Å². The lowest BCUT2D eigenvalue weighted by Crippen LogP contribution is -2.25. The Hall–Kier alpha value is -1.27. The van der Waals surface area contributed by atoms with E-state index in [2.05, 4.69) is 29.8 Å². The normalized spacial score (nSPS) is 20.2. The van der Waals surface area contributed by atoms with Crippen LogP contribution in [0.5, 0.6) is 0 Å². The van der Waals surface area contributed by atoms with Gasteiger partial charge in [0.25, 0.3) is 0 Å². The lowest BCUT2D eigenvalue weighted by molar-refractivity contribution is -0.00304. The topological polar surface area (TPSA) is 60.0 Å². The van der Waals surface area contributed by atoms with Gasteiger partial charge in [-0.15, -0.1) is 0 Å². The van der Waals surface area contributed by atoms with E-state index in [-0.39, 0.29) is 0 Å². The summed E-state index contributed by atoms with van der Waals surface area (Å²) in [6, 6.07) is 0.936. The Balaban J connectivity index is 1.97. The molecule has 0 fully saturated rings. The van der Waals surface area contributed by atoms with Gasteiger partial charge in [-0.05, 0) is 12.1 Å². The summed E-state index contributed by atoms with van der Waals surface area (Å²) in [5.74, 6) is 0. The second-order valence-electron chi connectivity index (χ2n) is 6.05. The van der Waals surface area contributed by atoms with E-state index >= 15 is 0 Å². The van der Waals surface area contributed by atoms with Gasteiger partial charge in [0.1, 0.15) is 0 Å². The minimum atomic E-state index is -1.46. The lowest BCUT2D eigenvalue weighted by atomic mass is 9.96. The molecule has 1 aliphatic heterocycles. The van der Waals surface area contributed by atoms with Crippen LogP contribution in [-0.2, 0) is 4.74 Å². The molecule has 0 amide bonds. The van der Waals surface area contributed by atoms with Gasteiger partial charge in [-0.1, -0.05) is 19.6 Å². The second-order valence-corrected chi connectivity index (χ2v) is 11.7. The SMILES string of the molecule is C[Si](C)(C)CCOC(F)C1=C(N)CC2=NN=CC2=C1. The predicted molar refractivity (Wildman–Crippen MR) is 78.8 cm³/mol. The van der Waals surface area contributed by atoms with Crippen LogP contribution in [0.3, 0.4) is 0 Å². The molecule has 2 aliphatic rings. The molecule has 1 heterocycles. The van der Waals surface area contributed by atoms with E-state index in [1.54, 1.807) is 12.3 Å². The quantitative estimate of drug-likeness (QED) is 0.787. The fourth-order valence-electron chi connectivity index (χ4n) is 1.86. The van der Waals surface area contributed by atoms with Gasteiger partial charge in [-0.2, -0.15) is 10.2 Å². The summed E-state index contributed by atoms with van der Waals surface area (Å²) in [5, 5.41) is 7.75. The molecule has 0 radical (unpaired) electrons. The van der Waals surface area contributed by atoms with Crippen molar-refractivity contribution in [3.8, 4) is 0 Å². The van der Waals surface area contributed by atoms with Crippen molar-refractivity contribution in [3.63, 3.8) is 0 Å². The van der Waals surface area contributed by atoms with Gasteiger partial charge < -0.3 is 10.5 Å². The molecular weight excluding hydrogens is 261 g/mol. The third kappa shape index (κ3) is 3.60. The summed E-state index contributed by atoms with van der Waals surface area (Å²) >= 11 is 0. The lowest BCUT2D eigenvalue weighted by Gasteiger charge is -2.20. The average Bonchev–Trinajstić information content (AvgIpc) is 2.72. The molecule has 19 heavy (non-hydrogen) atoms. The Morgan fingerprint density at radius 2 is 2.21 bits per heavy atom. The number of fused-ring (bicyclic) bond motifs is 1. The number of rotatable bonds is 5. The Bertz CT molecular complexity index is 489. The molecule has 1 unspecified atom stereocenters. The molecule has 1 aliphatic carbocycles. The monoisotopic (exact) mass is 281 g/mol. The standard InChI is InChI=1S/C13H20FN3OSi/c1-19(2,3)5-4-18-13(14)10-6-9-8-16-17-12(9)7-11(10)15/h6,8,13H,4-5,7,15H2,1-3H3. The van der Waals surface area contributed by atoms with E-state index in [0.29, 0.717) is 24.3 Å². The van der Waals surface area contributed by atoms with Crippen molar-refractivity contribution in [3.05, 3.63) is 22.9 Å². The number of allylic oxidation sites excluding steroid dienone is 2. The average molecular weight is 281 g/mol. The maximum atomic E-state index is 14.1. The molecule has 4 nitrogen and oxygen atoms in total. The van der Waals surface area contributed by atoms with Crippen molar-refractivity contribution in [2.24, 2.45) is 15.9 Å². The fraction of sp³-hybridized carbons (Fsp3) is 0.538. The van der Waals surface area contributed by atoms with Gasteiger partial charge in [-0.3, -0.25) is 0 Å². The van der Waals surface area contributed by atoms with Gasteiger partial charge in [-0.25, -0.2) is 4.39 Å². The molecule has 0 saturated carbocycles. The van der Waals surface area contributed by atoms with E-state index in [4.69, 9.17) is 10.5 Å². The molecule has 0 bridgehead atoms. The zero-order chi connectivity index (χ0) is 14.0. The smallest absolute Gasteiger partial charge is 0.226 e. The third-order valence-electron chi connectivity index (χ3n) is 3.11. The van der Waals surface area contributed by atoms with Crippen LogP contribution in [-0.4, -0.2) is 33.0 Å². The number of halogens is 1. The summed E-state index contributed by atoms with van der Waals surface area (Å²) in [4.78, 5) is 0.